The Hall–Kier alpha value is -5.80. The zero-order valence-corrected chi connectivity index (χ0v) is 27.2. The molecule has 5 aliphatic rings. The molecule has 3 nitrogen and oxygen atoms in total. The van der Waals surface area contributed by atoms with E-state index in [1.54, 1.807) is 0 Å². The van der Waals surface area contributed by atoms with Crippen molar-refractivity contribution in [2.45, 2.75) is 25.2 Å². The van der Waals surface area contributed by atoms with Crippen molar-refractivity contribution in [1.82, 2.24) is 14.5 Å². The van der Waals surface area contributed by atoms with Gasteiger partial charge in [-0.05, 0) is 65.8 Å². The van der Waals surface area contributed by atoms with E-state index in [4.69, 9.17) is 9.97 Å². The molecule has 10 rings (SSSR count). The zero-order valence-electron chi connectivity index (χ0n) is 27.2. The van der Waals surface area contributed by atoms with Gasteiger partial charge in [-0.3, -0.25) is 0 Å². The van der Waals surface area contributed by atoms with Crippen molar-refractivity contribution < 1.29 is 0 Å². The summed E-state index contributed by atoms with van der Waals surface area (Å²) < 4.78 is 2.52. The van der Waals surface area contributed by atoms with Gasteiger partial charge < -0.3 is 4.57 Å². The molecule has 3 atom stereocenters. The van der Waals surface area contributed by atoms with Crippen molar-refractivity contribution in [1.29, 1.82) is 0 Å². The predicted molar refractivity (Wildman–Crippen MR) is 202 cm³/mol. The van der Waals surface area contributed by atoms with Gasteiger partial charge in [0.15, 0.2) is 5.82 Å². The summed E-state index contributed by atoms with van der Waals surface area (Å²) in [5, 5.41) is 4.04. The first-order valence-electron chi connectivity index (χ1n) is 17.5. The number of allylic oxidation sites excluding steroid dienone is 13. The molecule has 0 saturated carbocycles. The van der Waals surface area contributed by atoms with Crippen molar-refractivity contribution in [3.63, 3.8) is 0 Å². The Kier molecular flexibility index (Phi) is 6.58. The zero-order chi connectivity index (χ0) is 32.3. The minimum absolute atomic E-state index is 0.221. The molecule has 2 heterocycles. The third kappa shape index (κ3) is 4.57. The molecule has 2 aromatic heterocycles. The highest BCUT2D eigenvalue weighted by molar-refractivity contribution is 5.97. The Morgan fingerprint density at radius 3 is 2.33 bits per heavy atom. The first-order chi connectivity index (χ1) is 24.3. The molecule has 0 saturated heterocycles. The van der Waals surface area contributed by atoms with Crippen LogP contribution in [-0.2, 0) is 6.42 Å². The summed E-state index contributed by atoms with van der Waals surface area (Å²) in [7, 11) is 0. The van der Waals surface area contributed by atoms with E-state index < -0.39 is 0 Å². The number of aromatic nitrogens is 3. The van der Waals surface area contributed by atoms with Crippen molar-refractivity contribution in [2.75, 3.05) is 0 Å². The van der Waals surface area contributed by atoms with Crippen molar-refractivity contribution >= 4 is 28.1 Å². The summed E-state index contributed by atoms with van der Waals surface area (Å²) in [6, 6.07) is 26.2. The summed E-state index contributed by atoms with van der Waals surface area (Å²) in [5.41, 5.74) is 12.1. The van der Waals surface area contributed by atoms with Crippen molar-refractivity contribution in [3.05, 3.63) is 179 Å². The molecule has 5 aromatic rings. The Morgan fingerprint density at radius 2 is 1.47 bits per heavy atom. The average molecular weight is 630 g/mol. The third-order valence-corrected chi connectivity index (χ3v) is 10.7. The van der Waals surface area contributed by atoms with Crippen LogP contribution < -0.4 is 10.6 Å². The highest BCUT2D eigenvalue weighted by atomic mass is 15.0. The van der Waals surface area contributed by atoms with Gasteiger partial charge in [-0.2, -0.15) is 0 Å². The van der Waals surface area contributed by atoms with Gasteiger partial charge in [-0.1, -0.05) is 134 Å². The summed E-state index contributed by atoms with van der Waals surface area (Å²) in [5.74, 6) is 1.59. The second kappa shape index (κ2) is 11.4. The molecule has 49 heavy (non-hydrogen) atoms. The molecule has 0 bridgehead atoms. The lowest BCUT2D eigenvalue weighted by molar-refractivity contribution is 0.690. The van der Waals surface area contributed by atoms with Gasteiger partial charge >= 0.3 is 0 Å². The lowest BCUT2D eigenvalue weighted by Crippen LogP contribution is -2.41. The maximum atomic E-state index is 5.24. The molecule has 3 aromatic carbocycles. The van der Waals surface area contributed by atoms with Crippen LogP contribution >= 0.6 is 0 Å². The number of nitrogens with zero attached hydrogens (tertiary/aromatic N) is 3. The monoisotopic (exact) mass is 629 g/mol. The van der Waals surface area contributed by atoms with E-state index >= 15 is 0 Å². The molecular weight excluding hydrogens is 595 g/mol. The third-order valence-electron chi connectivity index (χ3n) is 10.7. The quantitative estimate of drug-likeness (QED) is 0.199. The lowest BCUT2D eigenvalue weighted by Gasteiger charge is -2.31. The summed E-state index contributed by atoms with van der Waals surface area (Å²) >= 11 is 0. The number of hydrogen-bond acceptors (Lipinski definition) is 2. The molecule has 0 aliphatic heterocycles. The van der Waals surface area contributed by atoms with Crippen LogP contribution in [0.25, 0.3) is 56.5 Å². The average Bonchev–Trinajstić information content (AvgIpc) is 3.55. The van der Waals surface area contributed by atoms with Crippen LogP contribution in [0.5, 0.6) is 0 Å². The smallest absolute Gasteiger partial charge is 0.160 e. The van der Waals surface area contributed by atoms with Crippen LogP contribution in [0.3, 0.4) is 0 Å². The molecule has 234 valence electrons. The van der Waals surface area contributed by atoms with Crippen LogP contribution in [0, 0.1) is 11.8 Å². The summed E-state index contributed by atoms with van der Waals surface area (Å²) in [4.78, 5) is 10.4. The highest BCUT2D eigenvalue weighted by Crippen LogP contribution is 2.39. The molecule has 5 aliphatic carbocycles. The molecule has 0 N–H and O–H groups in total. The molecule has 1 unspecified atom stereocenters. The van der Waals surface area contributed by atoms with E-state index in [0.29, 0.717) is 5.92 Å². The van der Waals surface area contributed by atoms with Crippen LogP contribution in [0.1, 0.15) is 35.6 Å². The van der Waals surface area contributed by atoms with Crippen LogP contribution in [-0.4, -0.2) is 14.5 Å². The number of benzene rings is 3. The minimum atomic E-state index is 0.221. The van der Waals surface area contributed by atoms with Gasteiger partial charge in [0.2, 0.25) is 0 Å². The van der Waals surface area contributed by atoms with E-state index in [-0.39, 0.29) is 11.8 Å². The van der Waals surface area contributed by atoms with Gasteiger partial charge in [0.1, 0.15) is 0 Å². The molecule has 0 amide bonds. The number of hydrogen-bond donors (Lipinski definition) is 0. The Bertz CT molecular complexity index is 2530. The number of fused-ring (bicyclic) bond motifs is 8. The molecule has 0 fully saturated rings. The van der Waals surface area contributed by atoms with E-state index in [9.17, 15) is 0 Å². The van der Waals surface area contributed by atoms with Crippen molar-refractivity contribution in [2.24, 2.45) is 11.8 Å². The number of aryl methyl sites for hydroxylation is 1. The molecular formula is C46H35N3. The second-order valence-electron chi connectivity index (χ2n) is 13.6. The Labute approximate surface area is 286 Å². The summed E-state index contributed by atoms with van der Waals surface area (Å²) in [6.45, 7) is 0. The van der Waals surface area contributed by atoms with Gasteiger partial charge in [-0.15, -0.1) is 0 Å². The van der Waals surface area contributed by atoms with E-state index in [1.807, 2.05) is 0 Å². The lowest BCUT2D eigenvalue weighted by atomic mass is 9.73. The van der Waals surface area contributed by atoms with Gasteiger partial charge in [-0.25, -0.2) is 9.97 Å². The predicted octanol–water partition coefficient (Wildman–Crippen LogP) is 9.11. The van der Waals surface area contributed by atoms with Crippen molar-refractivity contribution in [3.8, 4) is 28.3 Å². The standard InChI is InChI=1S/C46H35N3/c1-3-15-31(16-4-1)40-29-41(32-17-5-2-6-18-32)48-46(47-40)33-19-13-20-34(28-33)49-42-27-26-30-14-7-8-21-35(30)43(42)44-38-24-11-9-22-36(38)37-23-10-12-25-39(37)45(44)49/h1-6,8-13,15-17,19-29,32,36-37H,7,14,18H2/t32-,36?,37-/m0/s1. The first-order valence-corrected chi connectivity index (χ1v) is 17.5. The molecule has 0 radical (unpaired) electrons. The minimum Gasteiger partial charge on any atom is -0.309 e. The highest BCUT2D eigenvalue weighted by Gasteiger charge is 2.33. The fourth-order valence-electron chi connectivity index (χ4n) is 8.48. The fourth-order valence-corrected chi connectivity index (χ4v) is 8.48. The maximum absolute atomic E-state index is 5.24. The topological polar surface area (TPSA) is 30.7 Å². The van der Waals surface area contributed by atoms with Crippen LogP contribution in [0.4, 0.5) is 0 Å². The Balaban J connectivity index is 1.25. The number of rotatable bonds is 4. The van der Waals surface area contributed by atoms with Gasteiger partial charge in [0.05, 0.1) is 22.3 Å². The molecule has 3 heteroatoms. The van der Waals surface area contributed by atoms with Crippen LogP contribution in [0.15, 0.2) is 152 Å². The first kappa shape index (κ1) is 28.2. The van der Waals surface area contributed by atoms with E-state index in [1.165, 1.54) is 43.7 Å². The van der Waals surface area contributed by atoms with E-state index in [0.717, 1.165) is 53.3 Å². The molecule has 0 spiro atoms. The van der Waals surface area contributed by atoms with Crippen LogP contribution in [0.2, 0.25) is 0 Å². The SMILES string of the molecule is C1=CC[C@@H](c2cc(-c3ccccc3)nc(-c3cccc(-n4c5c(c6c7c(ccc64)CCC=C7)=C4C=CC=CC4[C@@H]4C=CC=CC=54)c3)n2)C=C1. The van der Waals surface area contributed by atoms with Gasteiger partial charge in [0.25, 0.3) is 0 Å². The normalized spacial score (nSPS) is 21.2. The maximum Gasteiger partial charge on any atom is 0.160 e. The Morgan fingerprint density at radius 1 is 0.653 bits per heavy atom. The van der Waals surface area contributed by atoms with E-state index in [2.05, 4.69) is 162 Å². The largest absolute Gasteiger partial charge is 0.309 e. The summed E-state index contributed by atoms with van der Waals surface area (Å²) in [6.07, 6.45) is 34.9. The second-order valence-corrected chi connectivity index (χ2v) is 13.6. The van der Waals surface area contributed by atoms with Gasteiger partial charge in [0, 0.05) is 45.2 Å². The fraction of sp³-hybridized carbons (Fsp3) is 0.130.